The van der Waals surface area contributed by atoms with Gasteiger partial charge in [0.15, 0.2) is 5.78 Å². The number of benzene rings is 1. The Morgan fingerprint density at radius 2 is 1.78 bits per heavy atom. The quantitative estimate of drug-likeness (QED) is 0.514. The number of alkyl halides is 3. The first-order valence-corrected chi connectivity index (χ1v) is 9.99. The van der Waals surface area contributed by atoms with Gasteiger partial charge in [0.2, 0.25) is 0 Å². The van der Waals surface area contributed by atoms with E-state index in [1.54, 1.807) is 31.2 Å². The van der Waals surface area contributed by atoms with Gasteiger partial charge in [-0.15, -0.1) is 0 Å². The maximum absolute atomic E-state index is 13.2. The molecule has 2 heterocycles. The molecule has 0 radical (unpaired) electrons. The fourth-order valence-corrected chi connectivity index (χ4v) is 4.02. The number of nitrogens with zero attached hydrogens (tertiary/aromatic N) is 2. The standard InChI is InChI=1S/C22H24F3N3O4/c1-5-21(15-6-8-16(32-4)9-7-15)19(30)27(20(31)26-21)11-18(29)17-10-13(2)28(14(17)3)12-22(23,24)25/h6-10H,5,11-12H2,1-4H3,(H,26,31)/t21-/m1/s1. The predicted molar refractivity (Wildman–Crippen MR) is 109 cm³/mol. The molecule has 3 rings (SSSR count). The van der Waals surface area contributed by atoms with Crippen LogP contribution < -0.4 is 10.1 Å². The summed E-state index contributed by atoms with van der Waals surface area (Å²) in [6.45, 7) is 2.81. The molecule has 1 atom stereocenters. The first-order chi connectivity index (χ1) is 14.9. The number of amides is 3. The van der Waals surface area contributed by atoms with Crippen LogP contribution in [0.5, 0.6) is 5.75 Å². The summed E-state index contributed by atoms with van der Waals surface area (Å²) in [6, 6.07) is 7.27. The lowest BCUT2D eigenvalue weighted by Crippen LogP contribution is -2.43. The van der Waals surface area contributed by atoms with E-state index in [0.29, 0.717) is 11.3 Å². The summed E-state index contributed by atoms with van der Waals surface area (Å²) < 4.78 is 44.7. The number of aryl methyl sites for hydroxylation is 1. The lowest BCUT2D eigenvalue weighted by Gasteiger charge is -2.26. The van der Waals surface area contributed by atoms with Crippen LogP contribution in [0.3, 0.4) is 0 Å². The van der Waals surface area contributed by atoms with Gasteiger partial charge in [-0.1, -0.05) is 19.1 Å². The Hall–Kier alpha value is -3.30. The molecule has 7 nitrogen and oxygen atoms in total. The molecule has 1 aliphatic heterocycles. The highest BCUT2D eigenvalue weighted by atomic mass is 19.4. The second kappa shape index (κ2) is 8.33. The van der Waals surface area contributed by atoms with Crippen LogP contribution >= 0.6 is 0 Å². The second-order valence-corrected chi connectivity index (χ2v) is 7.72. The number of ether oxygens (including phenoxy) is 1. The Bertz CT molecular complexity index is 1060. The Kier molecular flexibility index (Phi) is 6.08. The highest BCUT2D eigenvalue weighted by Gasteiger charge is 2.51. The van der Waals surface area contributed by atoms with E-state index in [1.807, 2.05) is 0 Å². The van der Waals surface area contributed by atoms with Gasteiger partial charge in [0.1, 0.15) is 17.8 Å². The van der Waals surface area contributed by atoms with Gasteiger partial charge in [-0.05, 0) is 44.0 Å². The molecule has 1 fully saturated rings. The van der Waals surface area contributed by atoms with E-state index in [4.69, 9.17) is 4.74 Å². The number of methoxy groups -OCH3 is 1. The summed E-state index contributed by atoms with van der Waals surface area (Å²) in [5.74, 6) is -0.623. The number of nitrogens with one attached hydrogen (secondary N) is 1. The first kappa shape index (κ1) is 23.4. The number of Topliss-reactive ketones (excluding diaryl/α,β-unsaturated/α-hetero) is 1. The Labute approximate surface area is 183 Å². The van der Waals surface area contributed by atoms with Crippen LogP contribution in [-0.2, 0) is 16.9 Å². The molecule has 0 bridgehead atoms. The topological polar surface area (TPSA) is 80.6 Å². The summed E-state index contributed by atoms with van der Waals surface area (Å²) in [5.41, 5.74) is -0.352. The van der Waals surface area contributed by atoms with Crippen LogP contribution in [0.15, 0.2) is 30.3 Å². The average Bonchev–Trinajstić information content (AvgIpc) is 3.15. The van der Waals surface area contributed by atoms with Gasteiger partial charge in [0, 0.05) is 17.0 Å². The zero-order valence-electron chi connectivity index (χ0n) is 18.2. The van der Waals surface area contributed by atoms with E-state index in [0.717, 1.165) is 9.47 Å². The molecule has 172 valence electrons. The number of aromatic nitrogens is 1. The fourth-order valence-electron chi connectivity index (χ4n) is 4.02. The first-order valence-electron chi connectivity index (χ1n) is 9.99. The van der Waals surface area contributed by atoms with Gasteiger partial charge in [0.25, 0.3) is 5.91 Å². The van der Waals surface area contributed by atoms with Gasteiger partial charge in [-0.2, -0.15) is 13.2 Å². The van der Waals surface area contributed by atoms with Crippen molar-refractivity contribution in [2.24, 2.45) is 0 Å². The number of rotatable bonds is 7. The number of urea groups is 1. The molecule has 0 saturated carbocycles. The fraction of sp³-hybridized carbons (Fsp3) is 0.409. The van der Waals surface area contributed by atoms with Crippen molar-refractivity contribution in [3.05, 3.63) is 52.8 Å². The van der Waals surface area contributed by atoms with Gasteiger partial charge >= 0.3 is 12.2 Å². The van der Waals surface area contributed by atoms with Crippen molar-refractivity contribution in [1.29, 1.82) is 0 Å². The number of imide groups is 1. The summed E-state index contributed by atoms with van der Waals surface area (Å²) in [6.07, 6.45) is -4.20. The summed E-state index contributed by atoms with van der Waals surface area (Å²) in [4.78, 5) is 39.6. The van der Waals surface area contributed by atoms with Gasteiger partial charge < -0.3 is 14.6 Å². The summed E-state index contributed by atoms with van der Waals surface area (Å²) >= 11 is 0. The smallest absolute Gasteiger partial charge is 0.406 e. The molecular formula is C22H24F3N3O4. The molecule has 1 aromatic heterocycles. The van der Waals surface area contributed by atoms with E-state index in [1.165, 1.54) is 27.0 Å². The van der Waals surface area contributed by atoms with E-state index >= 15 is 0 Å². The van der Waals surface area contributed by atoms with E-state index in [9.17, 15) is 27.6 Å². The van der Waals surface area contributed by atoms with E-state index in [-0.39, 0.29) is 23.4 Å². The third kappa shape index (κ3) is 4.09. The molecule has 0 unspecified atom stereocenters. The number of carbonyl (C=O) groups excluding carboxylic acids is 3. The maximum Gasteiger partial charge on any atom is 0.406 e. The van der Waals surface area contributed by atoms with Crippen LogP contribution in [0.4, 0.5) is 18.0 Å². The normalized spacial score (nSPS) is 18.8. The average molecular weight is 451 g/mol. The minimum absolute atomic E-state index is 0.0470. The molecule has 10 heteroatoms. The number of halogens is 3. The van der Waals surface area contributed by atoms with Crippen LogP contribution in [0.25, 0.3) is 0 Å². The lowest BCUT2D eigenvalue weighted by atomic mass is 9.87. The predicted octanol–water partition coefficient (Wildman–Crippen LogP) is 3.72. The molecule has 1 aromatic carbocycles. The van der Waals surface area contributed by atoms with E-state index in [2.05, 4.69) is 5.32 Å². The van der Waals surface area contributed by atoms with Crippen molar-refractivity contribution >= 4 is 17.7 Å². The van der Waals surface area contributed by atoms with Crippen LogP contribution in [0.2, 0.25) is 0 Å². The number of hydrogen-bond donors (Lipinski definition) is 1. The minimum atomic E-state index is -4.45. The number of hydrogen-bond acceptors (Lipinski definition) is 4. The largest absolute Gasteiger partial charge is 0.497 e. The minimum Gasteiger partial charge on any atom is -0.497 e. The molecule has 1 aliphatic rings. The summed E-state index contributed by atoms with van der Waals surface area (Å²) in [5, 5.41) is 2.68. The van der Waals surface area contributed by atoms with E-state index < -0.39 is 42.5 Å². The van der Waals surface area contributed by atoms with Crippen molar-refractivity contribution in [2.75, 3.05) is 13.7 Å². The third-order valence-electron chi connectivity index (χ3n) is 5.80. The monoisotopic (exact) mass is 451 g/mol. The maximum atomic E-state index is 13.2. The molecule has 32 heavy (non-hydrogen) atoms. The molecule has 0 spiro atoms. The SMILES string of the molecule is CC[C@]1(c2ccc(OC)cc2)NC(=O)N(CC(=O)c2cc(C)n(CC(F)(F)F)c2C)C1=O. The molecule has 1 N–H and O–H groups in total. The summed E-state index contributed by atoms with van der Waals surface area (Å²) in [7, 11) is 1.51. The van der Waals surface area contributed by atoms with Crippen molar-refractivity contribution < 1.29 is 32.3 Å². The number of carbonyl (C=O) groups is 3. The van der Waals surface area contributed by atoms with Crippen molar-refractivity contribution in [3.8, 4) is 5.75 Å². The van der Waals surface area contributed by atoms with Crippen LogP contribution in [0, 0.1) is 13.8 Å². The lowest BCUT2D eigenvalue weighted by molar-refractivity contribution is -0.141. The van der Waals surface area contributed by atoms with Crippen molar-refractivity contribution in [2.45, 2.75) is 45.5 Å². The van der Waals surface area contributed by atoms with Crippen molar-refractivity contribution in [3.63, 3.8) is 0 Å². The highest BCUT2D eigenvalue weighted by Crippen LogP contribution is 2.33. The zero-order valence-corrected chi connectivity index (χ0v) is 18.2. The molecule has 0 aliphatic carbocycles. The Morgan fingerprint density at radius 3 is 2.31 bits per heavy atom. The van der Waals surface area contributed by atoms with Crippen LogP contribution in [0.1, 0.15) is 40.7 Å². The van der Waals surface area contributed by atoms with Gasteiger partial charge in [-0.3, -0.25) is 14.5 Å². The Balaban J connectivity index is 1.87. The molecule has 2 aromatic rings. The molecular weight excluding hydrogens is 427 g/mol. The molecule has 3 amide bonds. The van der Waals surface area contributed by atoms with Crippen molar-refractivity contribution in [1.82, 2.24) is 14.8 Å². The second-order valence-electron chi connectivity index (χ2n) is 7.72. The number of ketones is 1. The third-order valence-corrected chi connectivity index (χ3v) is 5.80. The van der Waals surface area contributed by atoms with Crippen LogP contribution in [-0.4, -0.2) is 47.0 Å². The molecule has 1 saturated heterocycles. The van der Waals surface area contributed by atoms with Gasteiger partial charge in [0.05, 0.1) is 13.7 Å². The zero-order chi connectivity index (χ0) is 23.8. The van der Waals surface area contributed by atoms with Gasteiger partial charge in [-0.25, -0.2) is 4.79 Å². The Morgan fingerprint density at radius 1 is 1.16 bits per heavy atom. The highest BCUT2D eigenvalue weighted by molar-refractivity contribution is 6.11.